The molecule has 2 heterocycles. The maximum absolute atomic E-state index is 12.3. The molecule has 19 heavy (non-hydrogen) atoms. The van der Waals surface area contributed by atoms with E-state index in [9.17, 15) is 4.79 Å². The third-order valence-corrected chi connectivity index (χ3v) is 4.17. The lowest BCUT2D eigenvalue weighted by atomic mass is 9.91. The predicted octanol–water partition coefficient (Wildman–Crippen LogP) is 2.57. The van der Waals surface area contributed by atoms with Crippen molar-refractivity contribution in [3.63, 3.8) is 0 Å². The first kappa shape index (κ1) is 11.9. The Kier molecular flexibility index (Phi) is 2.80. The summed E-state index contributed by atoms with van der Waals surface area (Å²) in [7, 11) is 1.86. The summed E-state index contributed by atoms with van der Waals surface area (Å²) in [6.45, 7) is 0. The number of Topliss-reactive ketones (excluding diaryl/α,β-unsaturated/α-hetero) is 1. The van der Waals surface area contributed by atoms with Crippen LogP contribution < -0.4 is 0 Å². The molecule has 0 spiro atoms. The van der Waals surface area contributed by atoms with Gasteiger partial charge in [-0.25, -0.2) is 0 Å². The number of carbonyl (C=O) groups excluding carboxylic acids is 1. The van der Waals surface area contributed by atoms with Gasteiger partial charge in [0.05, 0.1) is 17.3 Å². The number of nitrogens with zero attached hydrogens (tertiary/aromatic N) is 3. The Morgan fingerprint density at radius 3 is 3.11 bits per heavy atom. The van der Waals surface area contributed by atoms with Gasteiger partial charge in [-0.1, -0.05) is 0 Å². The van der Waals surface area contributed by atoms with E-state index in [1.807, 2.05) is 19.2 Å². The average Bonchev–Trinajstić information content (AvgIpc) is 3.00. The summed E-state index contributed by atoms with van der Waals surface area (Å²) < 4.78 is 1.77. The molecule has 5 heteroatoms. The fourth-order valence-corrected chi connectivity index (χ4v) is 3.07. The van der Waals surface area contributed by atoms with Crippen LogP contribution >= 0.6 is 11.3 Å². The lowest BCUT2D eigenvalue weighted by molar-refractivity contribution is 0.102. The Labute approximate surface area is 114 Å². The van der Waals surface area contributed by atoms with E-state index in [1.165, 1.54) is 11.3 Å². The third-order valence-electron chi connectivity index (χ3n) is 3.29. The lowest BCUT2D eigenvalue weighted by Gasteiger charge is -2.14. The number of nitriles is 1. The Morgan fingerprint density at radius 2 is 2.37 bits per heavy atom. The fourth-order valence-electron chi connectivity index (χ4n) is 2.29. The van der Waals surface area contributed by atoms with Crippen molar-refractivity contribution in [3.05, 3.63) is 44.9 Å². The fraction of sp³-hybridized carbons (Fsp3) is 0.214. The minimum Gasteiger partial charge on any atom is -0.289 e. The van der Waals surface area contributed by atoms with Crippen LogP contribution in [0.4, 0.5) is 0 Å². The highest BCUT2D eigenvalue weighted by molar-refractivity contribution is 7.11. The molecule has 0 unspecified atom stereocenters. The van der Waals surface area contributed by atoms with Crippen molar-refractivity contribution in [2.24, 2.45) is 7.05 Å². The molecule has 1 aliphatic carbocycles. The third kappa shape index (κ3) is 2.00. The monoisotopic (exact) mass is 269 g/mol. The molecule has 0 saturated carbocycles. The van der Waals surface area contributed by atoms with Crippen LogP contribution in [0.2, 0.25) is 0 Å². The van der Waals surface area contributed by atoms with E-state index in [4.69, 9.17) is 5.26 Å². The van der Waals surface area contributed by atoms with Gasteiger partial charge in [0.1, 0.15) is 6.07 Å². The standard InChI is InChI=1S/C14H11N3OS/c1-17-13-3-2-10(14(18)12(13)7-16-17)5-11-4-9(6-15)8-19-11/h4-5,7-8H,2-3H2,1H3. The summed E-state index contributed by atoms with van der Waals surface area (Å²) in [6.07, 6.45) is 5.09. The number of thiophene rings is 1. The molecular weight excluding hydrogens is 258 g/mol. The van der Waals surface area contributed by atoms with Gasteiger partial charge in [0.15, 0.2) is 5.78 Å². The van der Waals surface area contributed by atoms with Crippen LogP contribution in [0.25, 0.3) is 6.08 Å². The zero-order valence-corrected chi connectivity index (χ0v) is 11.2. The van der Waals surface area contributed by atoms with Gasteiger partial charge >= 0.3 is 0 Å². The van der Waals surface area contributed by atoms with Crippen LogP contribution in [-0.4, -0.2) is 15.6 Å². The number of aromatic nitrogens is 2. The van der Waals surface area contributed by atoms with Crippen LogP contribution in [0.15, 0.2) is 23.2 Å². The molecule has 0 radical (unpaired) electrons. The van der Waals surface area contributed by atoms with Crippen molar-refractivity contribution >= 4 is 23.2 Å². The van der Waals surface area contributed by atoms with E-state index in [2.05, 4.69) is 11.2 Å². The second kappa shape index (κ2) is 4.48. The Hall–Kier alpha value is -2.19. The minimum atomic E-state index is 0.0567. The molecule has 0 N–H and O–H groups in total. The van der Waals surface area contributed by atoms with Crippen LogP contribution in [0.5, 0.6) is 0 Å². The Morgan fingerprint density at radius 1 is 1.53 bits per heavy atom. The van der Waals surface area contributed by atoms with Gasteiger partial charge in [0, 0.05) is 28.6 Å². The number of hydrogen-bond donors (Lipinski definition) is 0. The number of carbonyl (C=O) groups is 1. The summed E-state index contributed by atoms with van der Waals surface area (Å²) in [5.41, 5.74) is 3.15. The molecular formula is C14H11N3OS. The van der Waals surface area contributed by atoms with Crippen molar-refractivity contribution < 1.29 is 4.79 Å². The molecule has 0 amide bonds. The maximum Gasteiger partial charge on any atom is 0.192 e. The summed E-state index contributed by atoms with van der Waals surface area (Å²) >= 11 is 1.48. The van der Waals surface area contributed by atoms with Gasteiger partial charge < -0.3 is 0 Å². The topological polar surface area (TPSA) is 58.7 Å². The summed E-state index contributed by atoms with van der Waals surface area (Å²) in [4.78, 5) is 13.3. The highest BCUT2D eigenvalue weighted by Gasteiger charge is 2.24. The quantitative estimate of drug-likeness (QED) is 0.747. The molecule has 0 fully saturated rings. The number of hydrogen-bond acceptors (Lipinski definition) is 4. The number of allylic oxidation sites excluding steroid dienone is 1. The molecule has 1 aliphatic rings. The maximum atomic E-state index is 12.3. The Bertz CT molecular complexity index is 730. The van der Waals surface area contributed by atoms with Crippen molar-refractivity contribution in [2.45, 2.75) is 12.8 Å². The molecule has 94 valence electrons. The van der Waals surface area contributed by atoms with Crippen LogP contribution in [0.3, 0.4) is 0 Å². The first-order valence-electron chi connectivity index (χ1n) is 5.94. The summed E-state index contributed by atoms with van der Waals surface area (Å²) in [5.74, 6) is 0.0567. The first-order valence-corrected chi connectivity index (χ1v) is 6.82. The molecule has 4 nitrogen and oxygen atoms in total. The van der Waals surface area contributed by atoms with E-state index < -0.39 is 0 Å². The highest BCUT2D eigenvalue weighted by Crippen LogP contribution is 2.27. The highest BCUT2D eigenvalue weighted by atomic mass is 32.1. The Balaban J connectivity index is 1.96. The molecule has 0 bridgehead atoms. The SMILES string of the molecule is Cn1ncc2c1CCC(=Cc1cc(C#N)cs1)C2=O. The van der Waals surface area contributed by atoms with E-state index in [-0.39, 0.29) is 5.78 Å². The second-order valence-corrected chi connectivity index (χ2v) is 5.42. The van der Waals surface area contributed by atoms with Gasteiger partial charge in [-0.3, -0.25) is 9.48 Å². The van der Waals surface area contributed by atoms with Crippen LogP contribution in [0, 0.1) is 11.3 Å². The zero-order valence-electron chi connectivity index (χ0n) is 10.4. The molecule has 3 rings (SSSR count). The second-order valence-electron chi connectivity index (χ2n) is 4.48. The molecule has 0 aromatic carbocycles. The van der Waals surface area contributed by atoms with E-state index in [0.29, 0.717) is 11.1 Å². The molecule has 2 aromatic heterocycles. The van der Waals surface area contributed by atoms with Crippen LogP contribution in [-0.2, 0) is 13.5 Å². The lowest BCUT2D eigenvalue weighted by Crippen LogP contribution is -2.14. The zero-order chi connectivity index (χ0) is 13.4. The van der Waals surface area contributed by atoms with E-state index >= 15 is 0 Å². The summed E-state index contributed by atoms with van der Waals surface area (Å²) in [5, 5.41) is 14.7. The molecule has 0 atom stereocenters. The predicted molar refractivity (Wildman–Crippen MR) is 72.9 cm³/mol. The van der Waals surface area contributed by atoms with Gasteiger partial charge in [-0.2, -0.15) is 10.4 Å². The van der Waals surface area contributed by atoms with Crippen molar-refractivity contribution in [2.75, 3.05) is 0 Å². The van der Waals surface area contributed by atoms with Crippen molar-refractivity contribution in [3.8, 4) is 6.07 Å². The smallest absolute Gasteiger partial charge is 0.192 e. The van der Waals surface area contributed by atoms with E-state index in [0.717, 1.165) is 29.0 Å². The largest absolute Gasteiger partial charge is 0.289 e. The van der Waals surface area contributed by atoms with E-state index in [1.54, 1.807) is 16.3 Å². The van der Waals surface area contributed by atoms with Crippen molar-refractivity contribution in [1.29, 1.82) is 5.26 Å². The number of aryl methyl sites for hydroxylation is 1. The minimum absolute atomic E-state index is 0.0567. The molecule has 2 aromatic rings. The van der Waals surface area contributed by atoms with Crippen molar-refractivity contribution in [1.82, 2.24) is 9.78 Å². The van der Waals surface area contributed by atoms with Gasteiger partial charge in [-0.15, -0.1) is 11.3 Å². The van der Waals surface area contributed by atoms with Gasteiger partial charge in [-0.05, 0) is 25.0 Å². The number of rotatable bonds is 1. The van der Waals surface area contributed by atoms with Gasteiger partial charge in [0.2, 0.25) is 0 Å². The number of ketones is 1. The number of fused-ring (bicyclic) bond motifs is 1. The normalized spacial score (nSPS) is 16.4. The summed E-state index contributed by atoms with van der Waals surface area (Å²) in [6, 6.07) is 3.91. The first-order chi connectivity index (χ1) is 9.19. The van der Waals surface area contributed by atoms with Crippen LogP contribution in [0.1, 0.15) is 32.9 Å². The molecule has 0 saturated heterocycles. The molecule has 0 aliphatic heterocycles. The van der Waals surface area contributed by atoms with Gasteiger partial charge in [0.25, 0.3) is 0 Å². The average molecular weight is 269 g/mol.